The van der Waals surface area contributed by atoms with Crippen molar-refractivity contribution in [3.8, 4) is 0 Å². The van der Waals surface area contributed by atoms with E-state index in [1.54, 1.807) is 6.07 Å². The maximum atomic E-state index is 12.5. The van der Waals surface area contributed by atoms with Gasteiger partial charge in [-0.3, -0.25) is 0 Å². The van der Waals surface area contributed by atoms with Crippen molar-refractivity contribution in [3.05, 3.63) is 47.2 Å². The lowest BCUT2D eigenvalue weighted by molar-refractivity contribution is -0.137. The molecule has 0 spiro atoms. The number of alkyl halides is 3. The summed E-state index contributed by atoms with van der Waals surface area (Å²) >= 11 is 0. The molecule has 2 aromatic rings. The third kappa shape index (κ3) is 2.86. The third-order valence-electron chi connectivity index (χ3n) is 2.29. The molecule has 1 aromatic carbocycles. The van der Waals surface area contributed by atoms with Crippen LogP contribution in [0.4, 0.5) is 13.2 Å². The number of nitrogens with two attached hydrogens (primary N) is 1. The van der Waals surface area contributed by atoms with Crippen LogP contribution in [-0.4, -0.2) is 10.2 Å². The fourth-order valence-corrected chi connectivity index (χ4v) is 1.47. The van der Waals surface area contributed by atoms with Gasteiger partial charge in [-0.2, -0.15) is 13.2 Å². The highest BCUT2D eigenvalue weighted by atomic mass is 19.4. The number of hydrogen-bond donors (Lipinski definition) is 1. The van der Waals surface area contributed by atoms with E-state index in [9.17, 15) is 13.2 Å². The third-order valence-corrected chi connectivity index (χ3v) is 2.29. The van der Waals surface area contributed by atoms with E-state index >= 15 is 0 Å². The average molecular weight is 257 g/mol. The lowest BCUT2D eigenvalue weighted by Gasteiger charge is -2.07. The van der Waals surface area contributed by atoms with Crippen molar-refractivity contribution in [1.29, 1.82) is 0 Å². The number of halogens is 3. The number of rotatable bonds is 3. The van der Waals surface area contributed by atoms with Crippen molar-refractivity contribution in [2.75, 3.05) is 0 Å². The van der Waals surface area contributed by atoms with Crippen molar-refractivity contribution in [1.82, 2.24) is 10.2 Å². The summed E-state index contributed by atoms with van der Waals surface area (Å²) in [7, 11) is 0. The van der Waals surface area contributed by atoms with E-state index in [-0.39, 0.29) is 24.7 Å². The molecule has 0 aliphatic heterocycles. The number of benzene rings is 1. The topological polar surface area (TPSA) is 64.9 Å². The second kappa shape index (κ2) is 4.77. The van der Waals surface area contributed by atoms with Crippen molar-refractivity contribution in [2.45, 2.75) is 19.1 Å². The van der Waals surface area contributed by atoms with Crippen LogP contribution < -0.4 is 5.73 Å². The molecule has 0 bridgehead atoms. The molecule has 0 saturated carbocycles. The van der Waals surface area contributed by atoms with Crippen LogP contribution in [0.1, 0.15) is 22.9 Å². The van der Waals surface area contributed by atoms with Gasteiger partial charge >= 0.3 is 6.18 Å². The van der Waals surface area contributed by atoms with Gasteiger partial charge in [0.25, 0.3) is 0 Å². The Bertz CT molecular complexity index is 536. The minimum Gasteiger partial charge on any atom is -0.424 e. The van der Waals surface area contributed by atoms with Crippen LogP contribution in [0.5, 0.6) is 0 Å². The van der Waals surface area contributed by atoms with Gasteiger partial charge in [0.05, 0.1) is 18.5 Å². The van der Waals surface area contributed by atoms with Gasteiger partial charge < -0.3 is 10.2 Å². The highest BCUT2D eigenvalue weighted by Gasteiger charge is 2.30. The second-order valence-electron chi connectivity index (χ2n) is 3.67. The zero-order valence-corrected chi connectivity index (χ0v) is 9.24. The molecule has 0 fully saturated rings. The number of nitrogens with zero attached hydrogens (tertiary/aromatic N) is 2. The molecule has 0 radical (unpaired) electrons. The van der Waals surface area contributed by atoms with Gasteiger partial charge in [-0.1, -0.05) is 18.2 Å². The van der Waals surface area contributed by atoms with Crippen molar-refractivity contribution < 1.29 is 17.6 Å². The summed E-state index contributed by atoms with van der Waals surface area (Å²) in [4.78, 5) is 0. The highest BCUT2D eigenvalue weighted by Crippen LogP contribution is 2.29. The molecular weight excluding hydrogens is 247 g/mol. The summed E-state index contributed by atoms with van der Waals surface area (Å²) in [5, 5.41) is 7.33. The SMILES string of the molecule is NCc1nnc(Cc2cccc(C(F)(F)F)c2)o1. The molecule has 0 atom stereocenters. The Kier molecular flexibility index (Phi) is 3.33. The molecule has 0 unspecified atom stereocenters. The van der Waals surface area contributed by atoms with Crippen LogP contribution in [0, 0.1) is 0 Å². The predicted molar refractivity (Wildman–Crippen MR) is 56.4 cm³/mol. The first-order chi connectivity index (χ1) is 8.49. The Morgan fingerprint density at radius 2 is 1.89 bits per heavy atom. The normalized spacial score (nSPS) is 11.8. The fourth-order valence-electron chi connectivity index (χ4n) is 1.47. The maximum absolute atomic E-state index is 12.5. The van der Waals surface area contributed by atoms with Crippen LogP contribution in [0.25, 0.3) is 0 Å². The van der Waals surface area contributed by atoms with Gasteiger partial charge in [0.2, 0.25) is 11.8 Å². The highest BCUT2D eigenvalue weighted by molar-refractivity contribution is 5.27. The first-order valence-corrected chi connectivity index (χ1v) is 5.16. The quantitative estimate of drug-likeness (QED) is 0.914. The van der Waals surface area contributed by atoms with Gasteiger partial charge in [-0.15, -0.1) is 10.2 Å². The van der Waals surface area contributed by atoms with E-state index < -0.39 is 11.7 Å². The molecule has 96 valence electrons. The predicted octanol–water partition coefficient (Wildman–Crippen LogP) is 2.14. The molecule has 18 heavy (non-hydrogen) atoms. The van der Waals surface area contributed by atoms with E-state index in [2.05, 4.69) is 10.2 Å². The van der Waals surface area contributed by atoms with Gasteiger partial charge in [-0.25, -0.2) is 0 Å². The summed E-state index contributed by atoms with van der Waals surface area (Å²) < 4.78 is 42.6. The van der Waals surface area contributed by atoms with Crippen molar-refractivity contribution >= 4 is 0 Å². The van der Waals surface area contributed by atoms with Crippen LogP contribution in [-0.2, 0) is 19.1 Å². The van der Waals surface area contributed by atoms with E-state index in [4.69, 9.17) is 10.2 Å². The first-order valence-electron chi connectivity index (χ1n) is 5.16. The van der Waals surface area contributed by atoms with E-state index in [0.717, 1.165) is 12.1 Å². The Hall–Kier alpha value is -1.89. The number of hydrogen-bond acceptors (Lipinski definition) is 4. The summed E-state index contributed by atoms with van der Waals surface area (Å²) in [6.07, 6.45) is -4.20. The molecule has 1 aromatic heterocycles. The standard InChI is InChI=1S/C11H10F3N3O/c12-11(13,14)8-3-1-2-7(4-8)5-9-16-17-10(6-15)18-9/h1-4H,5-6,15H2. The minimum absolute atomic E-state index is 0.107. The zero-order valence-electron chi connectivity index (χ0n) is 9.24. The second-order valence-corrected chi connectivity index (χ2v) is 3.67. The molecule has 2 rings (SSSR count). The Balaban J connectivity index is 2.19. The first kappa shape index (κ1) is 12.6. The largest absolute Gasteiger partial charge is 0.424 e. The smallest absolute Gasteiger partial charge is 0.416 e. The molecular formula is C11H10F3N3O. The Morgan fingerprint density at radius 1 is 1.17 bits per heavy atom. The summed E-state index contributed by atoms with van der Waals surface area (Å²) in [6.45, 7) is 0.107. The number of aromatic nitrogens is 2. The zero-order chi connectivity index (χ0) is 13.2. The Labute approximate surface area is 101 Å². The van der Waals surface area contributed by atoms with Crippen LogP contribution >= 0.6 is 0 Å². The molecule has 2 N–H and O–H groups in total. The van der Waals surface area contributed by atoms with E-state index in [1.165, 1.54) is 6.07 Å². The van der Waals surface area contributed by atoms with Crippen LogP contribution in [0.15, 0.2) is 28.7 Å². The average Bonchev–Trinajstić information content (AvgIpc) is 2.76. The van der Waals surface area contributed by atoms with Crippen LogP contribution in [0.2, 0.25) is 0 Å². The molecule has 0 saturated heterocycles. The minimum atomic E-state index is -4.35. The molecule has 0 aliphatic rings. The molecule has 0 aliphatic carbocycles. The Morgan fingerprint density at radius 3 is 2.50 bits per heavy atom. The summed E-state index contributed by atoms with van der Waals surface area (Å²) in [6, 6.07) is 4.99. The van der Waals surface area contributed by atoms with E-state index in [0.29, 0.717) is 5.56 Å². The lowest BCUT2D eigenvalue weighted by atomic mass is 10.1. The molecule has 0 amide bonds. The van der Waals surface area contributed by atoms with Gasteiger partial charge in [0.15, 0.2) is 0 Å². The monoisotopic (exact) mass is 257 g/mol. The van der Waals surface area contributed by atoms with E-state index in [1.807, 2.05) is 0 Å². The fraction of sp³-hybridized carbons (Fsp3) is 0.273. The molecule has 1 heterocycles. The lowest BCUT2D eigenvalue weighted by Crippen LogP contribution is -2.05. The van der Waals surface area contributed by atoms with Crippen molar-refractivity contribution in [3.63, 3.8) is 0 Å². The van der Waals surface area contributed by atoms with Gasteiger partial charge in [0.1, 0.15) is 0 Å². The summed E-state index contributed by atoms with van der Waals surface area (Å²) in [5.41, 5.74) is 5.05. The maximum Gasteiger partial charge on any atom is 0.416 e. The summed E-state index contributed by atoms with van der Waals surface area (Å²) in [5.74, 6) is 0.506. The van der Waals surface area contributed by atoms with Gasteiger partial charge in [-0.05, 0) is 11.6 Å². The van der Waals surface area contributed by atoms with Crippen molar-refractivity contribution in [2.24, 2.45) is 5.73 Å². The van der Waals surface area contributed by atoms with Gasteiger partial charge in [0, 0.05) is 0 Å². The molecule has 4 nitrogen and oxygen atoms in total. The van der Waals surface area contributed by atoms with Crippen LogP contribution in [0.3, 0.4) is 0 Å². The molecule has 7 heteroatoms.